The van der Waals surface area contributed by atoms with Crippen LogP contribution in [0.5, 0.6) is 5.75 Å². The number of amides is 2. The molecule has 37 heavy (non-hydrogen) atoms. The first-order chi connectivity index (χ1) is 17.9. The number of imide groups is 1. The minimum atomic E-state index is -0.684. The summed E-state index contributed by atoms with van der Waals surface area (Å²) in [4.78, 5) is 44.5. The van der Waals surface area contributed by atoms with E-state index in [-0.39, 0.29) is 16.7 Å². The highest BCUT2D eigenvalue weighted by Gasteiger charge is 2.56. The molecule has 2 amide bonds. The summed E-state index contributed by atoms with van der Waals surface area (Å²) in [6.45, 7) is 2.38. The number of aromatic amines is 1. The Balaban J connectivity index is 1.42. The number of carbonyl (C=O) groups excluding carboxylic acids is 2. The van der Waals surface area contributed by atoms with Crippen molar-refractivity contribution < 1.29 is 14.3 Å². The normalized spacial score (nSPS) is 20.6. The summed E-state index contributed by atoms with van der Waals surface area (Å²) in [6, 6.07) is 22.3. The zero-order chi connectivity index (χ0) is 25.7. The Labute approximate surface area is 226 Å². The molecule has 3 atom stereocenters. The number of carbonyl (C=O) groups is 2. The predicted molar refractivity (Wildman–Crippen MR) is 146 cm³/mol. The van der Waals surface area contributed by atoms with Crippen LogP contribution in [0, 0.1) is 12.8 Å². The van der Waals surface area contributed by atoms with E-state index in [1.165, 1.54) is 16.7 Å². The van der Waals surface area contributed by atoms with Crippen LogP contribution < -0.4 is 14.5 Å². The molecular formula is C28H21ClN2O4S2. The molecule has 3 heterocycles. The number of benzene rings is 3. The zero-order valence-corrected chi connectivity index (χ0v) is 22.0. The molecule has 2 aliphatic rings. The van der Waals surface area contributed by atoms with Gasteiger partial charge < -0.3 is 9.72 Å². The molecule has 0 spiro atoms. The first-order valence-corrected chi connectivity index (χ1v) is 13.8. The lowest BCUT2D eigenvalue weighted by Crippen LogP contribution is -2.32. The van der Waals surface area contributed by atoms with Crippen LogP contribution in [0.3, 0.4) is 0 Å². The van der Waals surface area contributed by atoms with E-state index in [9.17, 15) is 14.4 Å². The van der Waals surface area contributed by atoms with Gasteiger partial charge in [-0.25, -0.2) is 4.90 Å². The number of thiazole rings is 1. The van der Waals surface area contributed by atoms with Crippen LogP contribution in [0.25, 0.3) is 0 Å². The third-order valence-corrected chi connectivity index (χ3v) is 9.29. The number of nitrogens with one attached hydrogen (secondary N) is 1. The standard InChI is InChI=1S/C28H21ClN2O4S2/c1-15-5-4-6-16(13-15)14-35-20-8-3-2-7-19(20)21-22-24(36-25-23(21)37-28(34)30-25)27(33)31(26(22)32)18-11-9-17(29)10-12-18/h2-13,21-22,24H,14H2,1H3,(H,30,34)/t21-,22?,24?/m1/s1. The summed E-state index contributed by atoms with van der Waals surface area (Å²) in [5.74, 6) is -1.17. The molecule has 1 fully saturated rings. The van der Waals surface area contributed by atoms with E-state index in [1.807, 2.05) is 49.4 Å². The lowest BCUT2D eigenvalue weighted by molar-refractivity contribution is -0.122. The zero-order valence-electron chi connectivity index (χ0n) is 19.6. The molecule has 9 heteroatoms. The number of H-pyrrole nitrogens is 1. The number of fused-ring (bicyclic) bond motifs is 2. The highest BCUT2D eigenvalue weighted by molar-refractivity contribution is 8.00. The van der Waals surface area contributed by atoms with Crippen molar-refractivity contribution in [3.05, 3.63) is 109 Å². The number of rotatable bonds is 5. The number of aromatic nitrogens is 1. The van der Waals surface area contributed by atoms with E-state index in [4.69, 9.17) is 16.3 Å². The SMILES string of the molecule is Cc1cccc(COc2ccccc2[C@H]2c3sc(=O)[nH]c3SC3C(=O)N(c4ccc(Cl)cc4)C(=O)C32)c1. The Kier molecular flexibility index (Phi) is 6.18. The molecule has 2 aliphatic heterocycles. The van der Waals surface area contributed by atoms with Crippen LogP contribution in [0.4, 0.5) is 5.69 Å². The van der Waals surface area contributed by atoms with Gasteiger partial charge in [0.2, 0.25) is 11.8 Å². The average Bonchev–Trinajstić information content (AvgIpc) is 3.38. The van der Waals surface area contributed by atoms with Crippen molar-refractivity contribution in [2.45, 2.75) is 29.7 Å². The summed E-state index contributed by atoms with van der Waals surface area (Å²) >= 11 is 8.37. The highest BCUT2D eigenvalue weighted by atomic mass is 35.5. The third kappa shape index (κ3) is 4.29. The smallest absolute Gasteiger partial charge is 0.305 e. The molecule has 186 valence electrons. The molecule has 1 aromatic heterocycles. The van der Waals surface area contributed by atoms with Crippen molar-refractivity contribution in [2.75, 3.05) is 4.90 Å². The van der Waals surface area contributed by atoms with E-state index in [0.29, 0.717) is 28.1 Å². The molecule has 3 aromatic carbocycles. The monoisotopic (exact) mass is 548 g/mol. The fourth-order valence-electron chi connectivity index (χ4n) is 5.03. The van der Waals surface area contributed by atoms with Gasteiger partial charge in [-0.3, -0.25) is 14.4 Å². The van der Waals surface area contributed by atoms with Crippen LogP contribution in [0.1, 0.15) is 27.5 Å². The number of aryl methyl sites for hydroxylation is 1. The topological polar surface area (TPSA) is 79.5 Å². The molecular weight excluding hydrogens is 528 g/mol. The maximum absolute atomic E-state index is 13.9. The largest absolute Gasteiger partial charge is 0.489 e. The Bertz CT molecular complexity index is 1580. The number of nitrogens with zero attached hydrogens (tertiary/aromatic N) is 1. The lowest BCUT2D eigenvalue weighted by atomic mass is 9.82. The quantitative estimate of drug-likeness (QED) is 0.320. The first-order valence-electron chi connectivity index (χ1n) is 11.7. The van der Waals surface area contributed by atoms with Gasteiger partial charge in [-0.1, -0.05) is 82.7 Å². The molecule has 0 bridgehead atoms. The van der Waals surface area contributed by atoms with Gasteiger partial charge in [-0.15, -0.1) is 0 Å². The van der Waals surface area contributed by atoms with Crippen molar-refractivity contribution >= 4 is 52.2 Å². The number of para-hydroxylation sites is 1. The first kappa shape index (κ1) is 24.0. The number of halogens is 1. The van der Waals surface area contributed by atoms with E-state index in [0.717, 1.165) is 32.9 Å². The van der Waals surface area contributed by atoms with Crippen LogP contribution in [0.2, 0.25) is 5.02 Å². The second-order valence-electron chi connectivity index (χ2n) is 9.05. The molecule has 6 nitrogen and oxygen atoms in total. The summed E-state index contributed by atoms with van der Waals surface area (Å²) in [5, 5.41) is 0.483. The summed E-state index contributed by atoms with van der Waals surface area (Å²) < 4.78 is 6.27. The second-order valence-corrected chi connectivity index (χ2v) is 11.7. The van der Waals surface area contributed by atoms with E-state index >= 15 is 0 Å². The van der Waals surface area contributed by atoms with Crippen molar-refractivity contribution in [1.29, 1.82) is 0 Å². The van der Waals surface area contributed by atoms with Crippen LogP contribution in [0.15, 0.2) is 82.6 Å². The Hall–Kier alpha value is -3.33. The van der Waals surface area contributed by atoms with Crippen LogP contribution in [-0.2, 0) is 16.2 Å². The number of hydrogen-bond donors (Lipinski definition) is 1. The third-order valence-electron chi connectivity index (χ3n) is 6.64. The molecule has 4 aromatic rings. The maximum Gasteiger partial charge on any atom is 0.305 e. The second kappa shape index (κ2) is 9.52. The van der Waals surface area contributed by atoms with Gasteiger partial charge in [-0.05, 0) is 42.8 Å². The molecule has 1 N–H and O–H groups in total. The van der Waals surface area contributed by atoms with Gasteiger partial charge in [0.25, 0.3) is 0 Å². The van der Waals surface area contributed by atoms with Gasteiger partial charge in [0.05, 0.1) is 16.6 Å². The minimum Gasteiger partial charge on any atom is -0.489 e. The molecule has 6 rings (SSSR count). The molecule has 0 aliphatic carbocycles. The van der Waals surface area contributed by atoms with Gasteiger partial charge >= 0.3 is 4.87 Å². The summed E-state index contributed by atoms with van der Waals surface area (Å²) in [5.41, 5.74) is 3.43. The van der Waals surface area contributed by atoms with Crippen LogP contribution in [-0.4, -0.2) is 22.0 Å². The summed E-state index contributed by atoms with van der Waals surface area (Å²) in [6.07, 6.45) is 0. The van der Waals surface area contributed by atoms with Crippen molar-refractivity contribution in [3.8, 4) is 5.75 Å². The van der Waals surface area contributed by atoms with E-state index in [2.05, 4.69) is 11.1 Å². The maximum atomic E-state index is 13.9. The molecule has 2 unspecified atom stereocenters. The lowest BCUT2D eigenvalue weighted by Gasteiger charge is -2.30. The Morgan fingerprint density at radius 1 is 0.973 bits per heavy atom. The fraction of sp³-hybridized carbons (Fsp3) is 0.179. The van der Waals surface area contributed by atoms with Gasteiger partial charge in [-0.2, -0.15) is 0 Å². The van der Waals surface area contributed by atoms with Crippen molar-refractivity contribution in [3.63, 3.8) is 0 Å². The molecule has 0 saturated carbocycles. The van der Waals surface area contributed by atoms with E-state index in [1.54, 1.807) is 24.3 Å². The minimum absolute atomic E-state index is 0.213. The van der Waals surface area contributed by atoms with E-state index < -0.39 is 17.1 Å². The number of thioether (sulfide) groups is 1. The van der Waals surface area contributed by atoms with Crippen molar-refractivity contribution in [2.24, 2.45) is 5.92 Å². The van der Waals surface area contributed by atoms with Gasteiger partial charge in [0.15, 0.2) is 0 Å². The fourth-order valence-corrected chi connectivity index (χ4v) is 7.66. The molecule has 1 saturated heterocycles. The summed E-state index contributed by atoms with van der Waals surface area (Å²) in [7, 11) is 0. The number of ether oxygens (including phenoxy) is 1. The Morgan fingerprint density at radius 3 is 2.54 bits per heavy atom. The van der Waals surface area contributed by atoms with Gasteiger partial charge in [0, 0.05) is 21.4 Å². The average molecular weight is 549 g/mol. The van der Waals surface area contributed by atoms with Crippen LogP contribution >= 0.6 is 34.7 Å². The van der Waals surface area contributed by atoms with Gasteiger partial charge in [0.1, 0.15) is 17.6 Å². The number of anilines is 1. The Morgan fingerprint density at radius 2 is 1.76 bits per heavy atom. The van der Waals surface area contributed by atoms with Crippen molar-refractivity contribution in [1.82, 2.24) is 4.98 Å². The molecule has 0 radical (unpaired) electrons. The predicted octanol–water partition coefficient (Wildman–Crippen LogP) is 5.77. The number of hydrogen-bond acceptors (Lipinski definition) is 6. The highest BCUT2D eigenvalue weighted by Crippen LogP contribution is 2.54.